The third-order valence-corrected chi connectivity index (χ3v) is 5.78. The van der Waals surface area contributed by atoms with Crippen LogP contribution in [0, 0.1) is 35.0 Å². The molecule has 0 unspecified atom stereocenters. The minimum atomic E-state index is 0.0477. The van der Waals surface area contributed by atoms with Gasteiger partial charge in [0.1, 0.15) is 5.82 Å². The molecule has 2 N–H and O–H groups in total. The molecule has 0 aromatic heterocycles. The van der Waals surface area contributed by atoms with Gasteiger partial charge < -0.3 is 5.73 Å². The van der Waals surface area contributed by atoms with Crippen molar-refractivity contribution in [3.8, 4) is 6.07 Å². The van der Waals surface area contributed by atoms with Gasteiger partial charge in [-0.3, -0.25) is 9.69 Å². The predicted octanol–water partition coefficient (Wildman–Crippen LogP) is 1.74. The summed E-state index contributed by atoms with van der Waals surface area (Å²) in [6, 6.07) is 2.37. The van der Waals surface area contributed by atoms with Gasteiger partial charge in [0.25, 0.3) is 0 Å². The third kappa shape index (κ3) is 1.47. The molecule has 5 rings (SSSR count). The Bertz CT molecular complexity index is 488. The monoisotopic (exact) mass is 257 g/mol. The lowest BCUT2D eigenvalue weighted by Crippen LogP contribution is -2.56. The maximum absolute atomic E-state index is 12.2. The van der Waals surface area contributed by atoms with E-state index in [1.165, 1.54) is 32.1 Å². The number of amides is 1. The Morgan fingerprint density at radius 2 is 1.68 bits per heavy atom. The number of nitrogens with zero attached hydrogens (tertiary/aromatic N) is 2. The summed E-state index contributed by atoms with van der Waals surface area (Å²) in [5, 5.41) is 9.06. The number of hydrogen-bond donors (Lipinski definition) is 1. The highest BCUT2D eigenvalue weighted by Gasteiger charge is 2.52. The van der Waals surface area contributed by atoms with Crippen LogP contribution in [0.3, 0.4) is 0 Å². The van der Waals surface area contributed by atoms with Crippen LogP contribution in [-0.4, -0.2) is 16.8 Å². The molecule has 1 aliphatic heterocycles. The summed E-state index contributed by atoms with van der Waals surface area (Å²) >= 11 is 0. The molecule has 4 saturated carbocycles. The highest BCUT2D eigenvalue weighted by atomic mass is 16.2. The zero-order chi connectivity index (χ0) is 13.1. The number of rotatable bonds is 1. The largest absolute Gasteiger partial charge is 0.384 e. The summed E-state index contributed by atoms with van der Waals surface area (Å²) in [6.07, 6.45) is 6.66. The van der Waals surface area contributed by atoms with Crippen molar-refractivity contribution < 1.29 is 4.79 Å². The van der Waals surface area contributed by atoms with Gasteiger partial charge in [-0.25, -0.2) is 0 Å². The van der Waals surface area contributed by atoms with E-state index < -0.39 is 0 Å². The molecule has 0 radical (unpaired) electrons. The second-order valence-corrected chi connectivity index (χ2v) is 6.84. The van der Waals surface area contributed by atoms with Crippen molar-refractivity contribution in [2.24, 2.45) is 29.4 Å². The average Bonchev–Trinajstić information content (AvgIpc) is 2.65. The van der Waals surface area contributed by atoms with Gasteiger partial charge in [0.2, 0.25) is 5.91 Å². The topological polar surface area (TPSA) is 70.1 Å². The SMILES string of the molecule is N#CC1=C(N)N(C2C3CC4CC(C3)CC2C4)C(=O)C1. The lowest BCUT2D eigenvalue weighted by atomic mass is 9.54. The van der Waals surface area contributed by atoms with Gasteiger partial charge in [-0.1, -0.05) is 0 Å². The number of nitriles is 1. The van der Waals surface area contributed by atoms with Crippen molar-refractivity contribution in [2.75, 3.05) is 0 Å². The number of hydrogen-bond acceptors (Lipinski definition) is 3. The van der Waals surface area contributed by atoms with Crippen LogP contribution in [0.2, 0.25) is 0 Å². The van der Waals surface area contributed by atoms with Gasteiger partial charge in [-0.2, -0.15) is 5.26 Å². The van der Waals surface area contributed by atoms with Crippen molar-refractivity contribution in [1.82, 2.24) is 4.90 Å². The fourth-order valence-electron chi connectivity index (χ4n) is 5.35. The molecular formula is C15H19N3O. The van der Waals surface area contributed by atoms with Crippen molar-refractivity contribution in [3.05, 3.63) is 11.4 Å². The summed E-state index contributed by atoms with van der Waals surface area (Å²) in [6.45, 7) is 0. The molecule has 1 amide bonds. The lowest BCUT2D eigenvalue weighted by molar-refractivity contribution is -0.137. The molecule has 0 atom stereocenters. The fourth-order valence-corrected chi connectivity index (χ4v) is 5.35. The highest BCUT2D eigenvalue weighted by Crippen LogP contribution is 2.56. The smallest absolute Gasteiger partial charge is 0.233 e. The molecule has 0 aromatic rings. The van der Waals surface area contributed by atoms with Crippen LogP contribution in [0.25, 0.3) is 0 Å². The number of carbonyl (C=O) groups excluding carboxylic acids is 1. The fraction of sp³-hybridized carbons (Fsp3) is 0.733. The van der Waals surface area contributed by atoms with Crippen LogP contribution in [-0.2, 0) is 4.79 Å². The first-order valence-corrected chi connectivity index (χ1v) is 7.38. The Labute approximate surface area is 113 Å². The van der Waals surface area contributed by atoms with Crippen LogP contribution in [0.5, 0.6) is 0 Å². The Kier molecular flexibility index (Phi) is 2.24. The zero-order valence-corrected chi connectivity index (χ0v) is 11.0. The van der Waals surface area contributed by atoms with Crippen LogP contribution in [0.15, 0.2) is 11.4 Å². The molecule has 4 aliphatic carbocycles. The minimum absolute atomic E-state index is 0.0477. The quantitative estimate of drug-likeness (QED) is 0.777. The second-order valence-electron chi connectivity index (χ2n) is 6.84. The molecule has 100 valence electrons. The van der Waals surface area contributed by atoms with Gasteiger partial charge in [0.15, 0.2) is 0 Å². The third-order valence-electron chi connectivity index (χ3n) is 5.78. The second kappa shape index (κ2) is 3.75. The van der Waals surface area contributed by atoms with Crippen LogP contribution < -0.4 is 5.73 Å². The Hall–Kier alpha value is -1.50. The van der Waals surface area contributed by atoms with Gasteiger partial charge in [-0.15, -0.1) is 0 Å². The number of carbonyl (C=O) groups is 1. The normalized spacial score (nSPS) is 44.1. The molecule has 19 heavy (non-hydrogen) atoms. The minimum Gasteiger partial charge on any atom is -0.384 e. The van der Waals surface area contributed by atoms with Gasteiger partial charge in [0.05, 0.1) is 18.1 Å². The molecule has 5 aliphatic rings. The molecule has 0 saturated heterocycles. The molecule has 4 fully saturated rings. The van der Waals surface area contributed by atoms with Crippen molar-refractivity contribution in [3.63, 3.8) is 0 Å². The van der Waals surface area contributed by atoms with E-state index in [9.17, 15) is 4.79 Å². The molecule has 1 heterocycles. The molecule has 4 heteroatoms. The maximum Gasteiger partial charge on any atom is 0.233 e. The van der Waals surface area contributed by atoms with Crippen molar-refractivity contribution in [2.45, 2.75) is 44.6 Å². The van der Waals surface area contributed by atoms with Gasteiger partial charge in [0, 0.05) is 6.04 Å². The molecule has 0 spiro atoms. The highest BCUT2D eigenvalue weighted by molar-refractivity contribution is 5.85. The summed E-state index contributed by atoms with van der Waals surface area (Å²) in [4.78, 5) is 14.0. The standard InChI is InChI=1S/C15H19N3O/c16-7-12-6-13(19)18(15(12)17)14-10-2-8-1-9(4-10)5-11(14)3-8/h8-11,14H,1-6,17H2. The van der Waals surface area contributed by atoms with E-state index in [-0.39, 0.29) is 18.4 Å². The van der Waals surface area contributed by atoms with E-state index in [0.29, 0.717) is 23.2 Å². The summed E-state index contributed by atoms with van der Waals surface area (Å²) in [5.74, 6) is 3.51. The van der Waals surface area contributed by atoms with Crippen molar-refractivity contribution >= 4 is 5.91 Å². The van der Waals surface area contributed by atoms with Crippen LogP contribution >= 0.6 is 0 Å². The Morgan fingerprint density at radius 3 is 2.16 bits per heavy atom. The lowest BCUT2D eigenvalue weighted by Gasteiger charge is -2.56. The molecule has 4 bridgehead atoms. The van der Waals surface area contributed by atoms with E-state index in [1.807, 2.05) is 0 Å². The molecule has 0 aromatic carbocycles. The van der Waals surface area contributed by atoms with Crippen LogP contribution in [0.1, 0.15) is 38.5 Å². The molecular weight excluding hydrogens is 238 g/mol. The Morgan fingerprint density at radius 1 is 1.11 bits per heavy atom. The average molecular weight is 257 g/mol. The van der Waals surface area contributed by atoms with E-state index in [4.69, 9.17) is 11.0 Å². The first-order chi connectivity index (χ1) is 9.17. The first-order valence-electron chi connectivity index (χ1n) is 7.38. The van der Waals surface area contributed by atoms with Gasteiger partial charge >= 0.3 is 0 Å². The summed E-state index contributed by atoms with van der Waals surface area (Å²) in [5.41, 5.74) is 6.54. The van der Waals surface area contributed by atoms with E-state index in [2.05, 4.69) is 6.07 Å². The van der Waals surface area contributed by atoms with Gasteiger partial charge in [-0.05, 0) is 55.8 Å². The summed E-state index contributed by atoms with van der Waals surface area (Å²) in [7, 11) is 0. The van der Waals surface area contributed by atoms with E-state index in [1.54, 1.807) is 4.90 Å². The first kappa shape index (κ1) is 11.3. The maximum atomic E-state index is 12.2. The van der Waals surface area contributed by atoms with E-state index >= 15 is 0 Å². The predicted molar refractivity (Wildman–Crippen MR) is 69.1 cm³/mol. The van der Waals surface area contributed by atoms with Crippen molar-refractivity contribution in [1.29, 1.82) is 5.26 Å². The van der Waals surface area contributed by atoms with Crippen LogP contribution in [0.4, 0.5) is 0 Å². The Balaban J connectivity index is 1.68. The number of nitrogens with two attached hydrogens (primary N) is 1. The molecule has 4 nitrogen and oxygen atoms in total. The van der Waals surface area contributed by atoms with E-state index in [0.717, 1.165) is 11.8 Å². The zero-order valence-electron chi connectivity index (χ0n) is 11.0. The summed E-state index contributed by atoms with van der Waals surface area (Å²) < 4.78 is 0.